The molecule has 0 fully saturated rings. The van der Waals surface area contributed by atoms with Crippen molar-refractivity contribution in [3.63, 3.8) is 0 Å². The van der Waals surface area contributed by atoms with Gasteiger partial charge in [-0.1, -0.05) is 0 Å². The number of amides is 2. The summed E-state index contributed by atoms with van der Waals surface area (Å²) >= 11 is -0.00715. The topological polar surface area (TPSA) is 58.6 Å². The first-order chi connectivity index (χ1) is 10.9. The Labute approximate surface area is 150 Å². The van der Waals surface area contributed by atoms with Crippen LogP contribution in [0.15, 0.2) is 42.5 Å². The first-order valence-electron chi connectivity index (χ1n) is 7.26. The van der Waals surface area contributed by atoms with E-state index in [1.165, 1.54) is 6.92 Å². The number of nitrogens with zero attached hydrogens (tertiary/aromatic N) is 1. The average Bonchev–Trinajstić information content (AvgIpc) is 2.51. The van der Waals surface area contributed by atoms with Crippen molar-refractivity contribution in [3.8, 4) is 11.5 Å². The first-order valence-corrected chi connectivity index (χ1v) is 10.1. The van der Waals surface area contributed by atoms with Gasteiger partial charge in [-0.2, -0.15) is 0 Å². The van der Waals surface area contributed by atoms with Gasteiger partial charge < -0.3 is 0 Å². The van der Waals surface area contributed by atoms with Crippen molar-refractivity contribution in [2.45, 2.75) is 6.92 Å². The molecular weight excluding hydrogens is 395 g/mol. The Bertz CT molecular complexity index is 730. The van der Waals surface area contributed by atoms with Gasteiger partial charge in [-0.3, -0.25) is 0 Å². The maximum absolute atomic E-state index is 12.3. The predicted octanol–water partition coefficient (Wildman–Crippen LogP) is 1.40. The molecular formula is C17H19InN2O3. The van der Waals surface area contributed by atoms with E-state index < -0.39 is 0 Å². The molecule has 6 heteroatoms. The van der Waals surface area contributed by atoms with Gasteiger partial charge in [0.1, 0.15) is 0 Å². The van der Waals surface area contributed by atoms with Gasteiger partial charge in [0.05, 0.1) is 0 Å². The van der Waals surface area contributed by atoms with Crippen molar-refractivity contribution < 1.29 is 14.3 Å². The van der Waals surface area contributed by atoms with Crippen LogP contribution < -0.4 is 13.4 Å². The van der Waals surface area contributed by atoms with Gasteiger partial charge in [-0.15, -0.1) is 0 Å². The van der Waals surface area contributed by atoms with Crippen LogP contribution in [0.25, 0.3) is 0 Å². The third-order valence-corrected chi connectivity index (χ3v) is 6.15. The van der Waals surface area contributed by atoms with Gasteiger partial charge in [0.2, 0.25) is 0 Å². The Morgan fingerprint density at radius 3 is 2.30 bits per heavy atom. The number of carbonyl (C=O) groups excluding carboxylic acids is 2. The molecule has 0 aromatic heterocycles. The molecule has 5 nitrogen and oxygen atoms in total. The molecule has 0 saturated heterocycles. The minimum atomic E-state index is -0.177. The third kappa shape index (κ3) is 4.28. The fourth-order valence-electron chi connectivity index (χ4n) is 2.19. The number of ether oxygens (including phenoxy) is 1. The van der Waals surface area contributed by atoms with Crippen LogP contribution in [0.5, 0.6) is 11.5 Å². The van der Waals surface area contributed by atoms with Crippen LogP contribution in [0.1, 0.15) is 17.3 Å². The van der Waals surface area contributed by atoms with E-state index in [0.717, 1.165) is 3.32 Å². The van der Waals surface area contributed by atoms with Crippen LogP contribution in [-0.4, -0.2) is 55.2 Å². The SMILES string of the molecule is CC(=O)Nc1ccc(C(=O)N(C)C)[c]([InH2])c1Oc1ccccc1. The van der Waals surface area contributed by atoms with Crippen LogP contribution in [0.4, 0.5) is 5.69 Å². The number of benzene rings is 2. The van der Waals surface area contributed by atoms with Crippen molar-refractivity contribution in [2.24, 2.45) is 0 Å². The van der Waals surface area contributed by atoms with E-state index in [2.05, 4.69) is 5.32 Å². The monoisotopic (exact) mass is 414 g/mol. The van der Waals surface area contributed by atoms with Gasteiger partial charge in [-0.05, 0) is 0 Å². The molecule has 1 N–H and O–H groups in total. The second-order valence-corrected chi connectivity index (χ2v) is 8.26. The van der Waals surface area contributed by atoms with E-state index in [9.17, 15) is 9.59 Å². The average molecular weight is 414 g/mol. The molecule has 0 aliphatic carbocycles. The zero-order valence-electron chi connectivity index (χ0n) is 13.7. The summed E-state index contributed by atoms with van der Waals surface area (Å²) in [5.41, 5.74) is 1.22. The van der Waals surface area contributed by atoms with Crippen LogP contribution in [0.3, 0.4) is 0 Å². The first kappa shape index (κ1) is 17.4. The molecule has 2 aromatic carbocycles. The van der Waals surface area contributed by atoms with Gasteiger partial charge >= 0.3 is 150 Å². The van der Waals surface area contributed by atoms with E-state index >= 15 is 0 Å². The van der Waals surface area contributed by atoms with E-state index in [0.29, 0.717) is 22.7 Å². The summed E-state index contributed by atoms with van der Waals surface area (Å²) in [6, 6.07) is 12.8. The molecule has 0 saturated carbocycles. The molecule has 2 amide bonds. The summed E-state index contributed by atoms with van der Waals surface area (Å²) in [4.78, 5) is 25.3. The van der Waals surface area contributed by atoms with Crippen molar-refractivity contribution in [3.05, 3.63) is 48.0 Å². The fourth-order valence-corrected chi connectivity index (χ4v) is 4.34. The maximum atomic E-state index is 12.3. The normalized spacial score (nSPS) is 10.0. The molecule has 0 heterocycles. The molecule has 2 rings (SSSR count). The summed E-state index contributed by atoms with van der Waals surface area (Å²) in [5, 5.41) is 2.77. The van der Waals surface area contributed by atoms with Crippen LogP contribution in [0.2, 0.25) is 0 Å². The van der Waals surface area contributed by atoms with Crippen LogP contribution in [-0.2, 0) is 4.79 Å². The molecule has 0 radical (unpaired) electrons. The summed E-state index contributed by atoms with van der Waals surface area (Å²) in [6.07, 6.45) is 0. The van der Waals surface area contributed by atoms with E-state index in [-0.39, 0.29) is 36.2 Å². The molecule has 0 unspecified atom stereocenters. The van der Waals surface area contributed by atoms with E-state index in [1.54, 1.807) is 31.1 Å². The Kier molecular flexibility index (Phi) is 5.71. The van der Waals surface area contributed by atoms with Gasteiger partial charge in [0.25, 0.3) is 0 Å². The molecule has 0 bridgehead atoms. The quantitative estimate of drug-likeness (QED) is 0.823. The van der Waals surface area contributed by atoms with Crippen molar-refractivity contribution in [1.29, 1.82) is 0 Å². The summed E-state index contributed by atoms with van der Waals surface area (Å²) in [5.74, 6) is 0.994. The Morgan fingerprint density at radius 2 is 1.74 bits per heavy atom. The third-order valence-electron chi connectivity index (χ3n) is 3.32. The standard InChI is InChI=1S/C17H17N2O3.In.2H/c1-12(20)18-15-10-9-13(17(21)19(2)3)11-16(15)22-14-7-5-4-6-8-14;;;/h4-10H,1-3H3,(H,18,20);;;. The van der Waals surface area contributed by atoms with E-state index in [4.69, 9.17) is 4.74 Å². The van der Waals surface area contributed by atoms with Crippen LogP contribution >= 0.6 is 0 Å². The number of para-hydroxylation sites is 1. The Balaban J connectivity index is 2.51. The zero-order chi connectivity index (χ0) is 17.0. The van der Waals surface area contributed by atoms with Crippen molar-refractivity contribution in [1.82, 2.24) is 4.90 Å². The summed E-state index contributed by atoms with van der Waals surface area (Å²) in [6.45, 7) is 1.45. The molecule has 0 atom stereocenters. The second-order valence-electron chi connectivity index (χ2n) is 5.41. The number of rotatable bonds is 4. The fraction of sp³-hybridized carbons (Fsp3) is 0.176. The number of hydrogen-bond acceptors (Lipinski definition) is 3. The number of hydrogen-bond donors (Lipinski definition) is 1. The molecule has 0 aliphatic rings. The summed E-state index contributed by atoms with van der Waals surface area (Å²) < 4.78 is 6.87. The van der Waals surface area contributed by atoms with Gasteiger partial charge in [-0.25, -0.2) is 0 Å². The zero-order valence-corrected chi connectivity index (χ0v) is 19.4. The van der Waals surface area contributed by atoms with Gasteiger partial charge in [0, 0.05) is 0 Å². The second kappa shape index (κ2) is 7.55. The number of nitrogens with one attached hydrogen (secondary N) is 1. The predicted molar refractivity (Wildman–Crippen MR) is 93.5 cm³/mol. The van der Waals surface area contributed by atoms with Gasteiger partial charge in [0.15, 0.2) is 0 Å². The summed E-state index contributed by atoms with van der Waals surface area (Å²) in [7, 11) is 3.44. The Hall–Kier alpha value is -1.95. The molecule has 118 valence electrons. The van der Waals surface area contributed by atoms with E-state index in [1.807, 2.05) is 30.3 Å². The van der Waals surface area contributed by atoms with Crippen molar-refractivity contribution in [2.75, 3.05) is 19.4 Å². The molecule has 2 aromatic rings. The van der Waals surface area contributed by atoms with Crippen molar-refractivity contribution >= 4 is 45.2 Å². The molecule has 0 aliphatic heterocycles. The van der Waals surface area contributed by atoms with Crippen LogP contribution in [0, 0.1) is 0 Å². The number of carbonyl (C=O) groups is 2. The number of anilines is 1. The molecule has 0 spiro atoms. The minimum absolute atomic E-state index is 0.00715. The Morgan fingerprint density at radius 1 is 1.09 bits per heavy atom. The molecule has 23 heavy (non-hydrogen) atoms.